The largest absolute Gasteiger partial charge is 0.376 e. The second-order valence-corrected chi connectivity index (χ2v) is 2.66. The monoisotopic (exact) mass is 129 g/mol. The van der Waals surface area contributed by atoms with Gasteiger partial charge < -0.3 is 10.1 Å². The van der Waals surface area contributed by atoms with E-state index in [1.54, 1.807) is 0 Å². The zero-order chi connectivity index (χ0) is 6.69. The standard InChI is InChI=1S/C7H15NO/c1-3-7-5-9-6(2)4-8-7/h6-8H,3-5H2,1-2H3. The summed E-state index contributed by atoms with van der Waals surface area (Å²) in [6.07, 6.45) is 1.58. The minimum Gasteiger partial charge on any atom is -0.376 e. The van der Waals surface area contributed by atoms with Crippen molar-refractivity contribution in [1.29, 1.82) is 0 Å². The van der Waals surface area contributed by atoms with E-state index < -0.39 is 0 Å². The van der Waals surface area contributed by atoms with Gasteiger partial charge in [0.1, 0.15) is 0 Å². The van der Waals surface area contributed by atoms with Crippen molar-refractivity contribution in [3.8, 4) is 0 Å². The van der Waals surface area contributed by atoms with E-state index in [0.29, 0.717) is 12.1 Å². The van der Waals surface area contributed by atoms with Gasteiger partial charge in [-0.05, 0) is 13.3 Å². The Labute approximate surface area is 56.6 Å². The van der Waals surface area contributed by atoms with E-state index in [2.05, 4.69) is 19.2 Å². The molecule has 0 aromatic rings. The van der Waals surface area contributed by atoms with Gasteiger partial charge in [0.25, 0.3) is 0 Å². The predicted octanol–water partition coefficient (Wildman–Crippen LogP) is 0.773. The molecule has 0 spiro atoms. The Hall–Kier alpha value is -0.0800. The SMILES string of the molecule is CCC1COC(C)CN1. The van der Waals surface area contributed by atoms with Crippen molar-refractivity contribution in [2.45, 2.75) is 32.4 Å². The van der Waals surface area contributed by atoms with Crippen LogP contribution in [-0.4, -0.2) is 25.3 Å². The highest BCUT2D eigenvalue weighted by atomic mass is 16.5. The van der Waals surface area contributed by atoms with E-state index in [0.717, 1.165) is 13.2 Å². The topological polar surface area (TPSA) is 21.3 Å². The maximum absolute atomic E-state index is 5.42. The van der Waals surface area contributed by atoms with Crippen LogP contribution < -0.4 is 5.32 Å². The van der Waals surface area contributed by atoms with Crippen molar-refractivity contribution in [1.82, 2.24) is 5.32 Å². The molecule has 1 aliphatic heterocycles. The first-order valence-electron chi connectivity index (χ1n) is 3.68. The molecule has 1 aliphatic rings. The number of hydrogen-bond donors (Lipinski definition) is 1. The second-order valence-electron chi connectivity index (χ2n) is 2.66. The van der Waals surface area contributed by atoms with Crippen LogP contribution in [0.25, 0.3) is 0 Å². The normalized spacial score (nSPS) is 36.7. The molecule has 0 saturated carbocycles. The van der Waals surface area contributed by atoms with Gasteiger partial charge >= 0.3 is 0 Å². The lowest BCUT2D eigenvalue weighted by Crippen LogP contribution is -2.44. The molecule has 0 aromatic heterocycles. The third-order valence-electron chi connectivity index (χ3n) is 1.77. The lowest BCUT2D eigenvalue weighted by Gasteiger charge is -2.27. The van der Waals surface area contributed by atoms with Crippen molar-refractivity contribution in [3.63, 3.8) is 0 Å². The van der Waals surface area contributed by atoms with Gasteiger partial charge in [0.05, 0.1) is 12.7 Å². The molecule has 54 valence electrons. The smallest absolute Gasteiger partial charge is 0.0672 e. The van der Waals surface area contributed by atoms with Crippen LogP contribution in [-0.2, 0) is 4.74 Å². The van der Waals surface area contributed by atoms with Gasteiger partial charge in [-0.2, -0.15) is 0 Å². The number of rotatable bonds is 1. The predicted molar refractivity (Wildman–Crippen MR) is 37.5 cm³/mol. The Morgan fingerprint density at radius 1 is 1.67 bits per heavy atom. The Morgan fingerprint density at radius 3 is 2.89 bits per heavy atom. The fourth-order valence-electron chi connectivity index (χ4n) is 0.993. The average molecular weight is 129 g/mol. The van der Waals surface area contributed by atoms with Crippen LogP contribution in [0.5, 0.6) is 0 Å². The zero-order valence-electron chi connectivity index (χ0n) is 6.18. The van der Waals surface area contributed by atoms with E-state index in [1.165, 1.54) is 6.42 Å². The number of ether oxygens (including phenoxy) is 1. The number of morpholine rings is 1. The molecular formula is C7H15NO. The van der Waals surface area contributed by atoms with E-state index in [1.807, 2.05) is 0 Å². The molecule has 0 bridgehead atoms. The molecule has 2 unspecified atom stereocenters. The van der Waals surface area contributed by atoms with Gasteiger partial charge in [-0.3, -0.25) is 0 Å². The molecular weight excluding hydrogens is 114 g/mol. The van der Waals surface area contributed by atoms with E-state index in [-0.39, 0.29) is 0 Å². The van der Waals surface area contributed by atoms with Crippen LogP contribution in [0.15, 0.2) is 0 Å². The molecule has 1 fully saturated rings. The first kappa shape index (κ1) is 7.03. The highest BCUT2D eigenvalue weighted by Crippen LogP contribution is 2.01. The molecule has 2 heteroatoms. The maximum Gasteiger partial charge on any atom is 0.0672 e. The molecule has 1 saturated heterocycles. The molecule has 2 atom stereocenters. The summed E-state index contributed by atoms with van der Waals surface area (Å²) in [6.45, 7) is 6.17. The molecule has 1 rings (SSSR count). The fraction of sp³-hybridized carbons (Fsp3) is 1.00. The van der Waals surface area contributed by atoms with Crippen LogP contribution >= 0.6 is 0 Å². The van der Waals surface area contributed by atoms with Crippen LogP contribution in [0.3, 0.4) is 0 Å². The summed E-state index contributed by atoms with van der Waals surface area (Å²) in [4.78, 5) is 0. The maximum atomic E-state index is 5.42. The van der Waals surface area contributed by atoms with Crippen LogP contribution in [0.4, 0.5) is 0 Å². The van der Waals surface area contributed by atoms with Crippen molar-refractivity contribution in [2.75, 3.05) is 13.2 Å². The van der Waals surface area contributed by atoms with Crippen LogP contribution in [0.2, 0.25) is 0 Å². The highest BCUT2D eigenvalue weighted by molar-refractivity contribution is 4.71. The lowest BCUT2D eigenvalue weighted by molar-refractivity contribution is 0.0146. The van der Waals surface area contributed by atoms with Crippen molar-refractivity contribution >= 4 is 0 Å². The molecule has 1 heterocycles. The first-order valence-corrected chi connectivity index (χ1v) is 3.68. The first-order chi connectivity index (χ1) is 4.33. The Kier molecular flexibility index (Phi) is 2.49. The summed E-state index contributed by atoms with van der Waals surface area (Å²) in [7, 11) is 0. The molecule has 0 aromatic carbocycles. The third kappa shape index (κ3) is 1.95. The Balaban J connectivity index is 2.18. The molecule has 0 aliphatic carbocycles. The molecule has 1 N–H and O–H groups in total. The van der Waals surface area contributed by atoms with Gasteiger partial charge in [0.2, 0.25) is 0 Å². The highest BCUT2D eigenvalue weighted by Gasteiger charge is 2.14. The summed E-state index contributed by atoms with van der Waals surface area (Å²) in [5, 5.41) is 3.39. The van der Waals surface area contributed by atoms with Crippen molar-refractivity contribution in [3.05, 3.63) is 0 Å². The Bertz CT molecular complexity index is 77.0. The van der Waals surface area contributed by atoms with E-state index in [4.69, 9.17) is 4.74 Å². The Morgan fingerprint density at radius 2 is 2.44 bits per heavy atom. The lowest BCUT2D eigenvalue weighted by atomic mass is 10.2. The van der Waals surface area contributed by atoms with Gasteiger partial charge in [0.15, 0.2) is 0 Å². The zero-order valence-corrected chi connectivity index (χ0v) is 6.18. The van der Waals surface area contributed by atoms with Gasteiger partial charge in [-0.15, -0.1) is 0 Å². The number of nitrogens with one attached hydrogen (secondary N) is 1. The summed E-state index contributed by atoms with van der Waals surface area (Å²) < 4.78 is 5.42. The summed E-state index contributed by atoms with van der Waals surface area (Å²) in [5.41, 5.74) is 0. The second kappa shape index (κ2) is 3.18. The minimum absolute atomic E-state index is 0.410. The van der Waals surface area contributed by atoms with Gasteiger partial charge in [0, 0.05) is 12.6 Å². The molecule has 2 nitrogen and oxygen atoms in total. The minimum atomic E-state index is 0.410. The molecule has 0 radical (unpaired) electrons. The summed E-state index contributed by atoms with van der Waals surface area (Å²) in [6, 6.07) is 0.598. The van der Waals surface area contributed by atoms with Crippen molar-refractivity contribution < 1.29 is 4.74 Å². The molecule has 9 heavy (non-hydrogen) atoms. The quantitative estimate of drug-likeness (QED) is 0.564. The van der Waals surface area contributed by atoms with Crippen molar-refractivity contribution in [2.24, 2.45) is 0 Å². The molecule has 0 amide bonds. The van der Waals surface area contributed by atoms with E-state index in [9.17, 15) is 0 Å². The summed E-state index contributed by atoms with van der Waals surface area (Å²) in [5.74, 6) is 0. The average Bonchev–Trinajstić information content (AvgIpc) is 1.90. The van der Waals surface area contributed by atoms with Crippen LogP contribution in [0, 0.1) is 0 Å². The van der Waals surface area contributed by atoms with Crippen LogP contribution in [0.1, 0.15) is 20.3 Å². The third-order valence-corrected chi connectivity index (χ3v) is 1.77. The van der Waals surface area contributed by atoms with Gasteiger partial charge in [-0.25, -0.2) is 0 Å². The number of hydrogen-bond acceptors (Lipinski definition) is 2. The summed E-state index contributed by atoms with van der Waals surface area (Å²) >= 11 is 0. The fourth-order valence-corrected chi connectivity index (χ4v) is 0.993. The van der Waals surface area contributed by atoms with E-state index >= 15 is 0 Å². The van der Waals surface area contributed by atoms with Gasteiger partial charge in [-0.1, -0.05) is 6.92 Å².